The molecule has 0 spiro atoms. The summed E-state index contributed by atoms with van der Waals surface area (Å²) in [6.45, 7) is 0. The fourth-order valence-electron chi connectivity index (χ4n) is 2.18. The van der Waals surface area contributed by atoms with Crippen LogP contribution >= 0.6 is 0 Å². The van der Waals surface area contributed by atoms with Gasteiger partial charge in [0, 0.05) is 0 Å². The predicted molar refractivity (Wildman–Crippen MR) is 84.3 cm³/mol. The van der Waals surface area contributed by atoms with Crippen LogP contribution in [0.2, 0.25) is 0 Å². The maximum Gasteiger partial charge on any atom is 0.0874 e. The molecule has 0 saturated heterocycles. The first kappa shape index (κ1) is 12.4. The molecular formula is C18H16N2. The van der Waals surface area contributed by atoms with Crippen LogP contribution in [0.4, 0.5) is 5.69 Å². The fraction of sp³-hybridized carbons (Fsp3) is 0.0556. The second-order valence-corrected chi connectivity index (χ2v) is 4.59. The maximum absolute atomic E-state index is 4.82. The van der Waals surface area contributed by atoms with Crippen molar-refractivity contribution in [3.05, 3.63) is 90.7 Å². The van der Waals surface area contributed by atoms with Gasteiger partial charge in [-0.3, -0.25) is 4.99 Å². The highest BCUT2D eigenvalue weighted by molar-refractivity contribution is 6.07. The van der Waals surface area contributed by atoms with E-state index in [-0.39, 0.29) is 6.04 Å². The highest BCUT2D eigenvalue weighted by Gasteiger charge is 2.14. The third kappa shape index (κ3) is 2.86. The topological polar surface area (TPSA) is 24.4 Å². The zero-order valence-electron chi connectivity index (χ0n) is 11.1. The second kappa shape index (κ2) is 6.02. The van der Waals surface area contributed by atoms with Crippen LogP contribution in [-0.2, 0) is 0 Å². The zero-order valence-corrected chi connectivity index (χ0v) is 11.1. The summed E-state index contributed by atoms with van der Waals surface area (Å²) in [5.41, 5.74) is 3.13. The molecule has 1 aliphatic rings. The van der Waals surface area contributed by atoms with E-state index in [1.54, 1.807) is 0 Å². The molecule has 1 aliphatic heterocycles. The minimum absolute atomic E-state index is 0.0996. The average Bonchev–Trinajstić information content (AvgIpc) is 2.55. The third-order valence-corrected chi connectivity index (χ3v) is 3.16. The molecule has 2 heteroatoms. The molecule has 2 nitrogen and oxygen atoms in total. The monoisotopic (exact) mass is 260 g/mol. The molecule has 98 valence electrons. The molecule has 2 aromatic carbocycles. The van der Waals surface area contributed by atoms with Crippen molar-refractivity contribution in [1.82, 2.24) is 5.32 Å². The van der Waals surface area contributed by atoms with Crippen LogP contribution in [0.3, 0.4) is 0 Å². The van der Waals surface area contributed by atoms with E-state index in [2.05, 4.69) is 23.5 Å². The normalized spacial score (nSPS) is 17.8. The number of nitrogens with one attached hydrogen (secondary N) is 1. The Morgan fingerprint density at radius 3 is 2.20 bits per heavy atom. The molecule has 1 atom stereocenters. The molecule has 0 saturated carbocycles. The first-order valence-electron chi connectivity index (χ1n) is 6.72. The quantitative estimate of drug-likeness (QED) is 0.833. The number of hydrogen-bond donors (Lipinski definition) is 1. The summed E-state index contributed by atoms with van der Waals surface area (Å²) < 4.78 is 0. The SMILES string of the molecule is C1=CNC(C(=Nc2ccccc2)c2ccccc2)C=C1. The Labute approximate surface area is 119 Å². The summed E-state index contributed by atoms with van der Waals surface area (Å²) in [6.07, 6.45) is 8.11. The van der Waals surface area contributed by atoms with Crippen molar-refractivity contribution in [2.45, 2.75) is 6.04 Å². The van der Waals surface area contributed by atoms with Crippen LogP contribution in [0.1, 0.15) is 5.56 Å². The minimum atomic E-state index is 0.0996. The predicted octanol–water partition coefficient (Wildman–Crippen LogP) is 3.85. The van der Waals surface area contributed by atoms with Crippen LogP contribution < -0.4 is 5.32 Å². The lowest BCUT2D eigenvalue weighted by Gasteiger charge is -2.19. The number of para-hydroxylation sites is 1. The number of aliphatic imine (C=N–C) groups is 1. The molecule has 0 amide bonds. The Bertz CT molecular complexity index is 640. The van der Waals surface area contributed by atoms with E-state index in [1.807, 2.05) is 66.9 Å². The van der Waals surface area contributed by atoms with Gasteiger partial charge in [-0.25, -0.2) is 0 Å². The largest absolute Gasteiger partial charge is 0.379 e. The Hall–Kier alpha value is -2.61. The Morgan fingerprint density at radius 1 is 0.850 bits per heavy atom. The van der Waals surface area contributed by atoms with Gasteiger partial charge in [0.05, 0.1) is 17.4 Å². The van der Waals surface area contributed by atoms with Crippen LogP contribution in [0.25, 0.3) is 0 Å². The lowest BCUT2D eigenvalue weighted by Crippen LogP contribution is -2.33. The van der Waals surface area contributed by atoms with Gasteiger partial charge in [0.2, 0.25) is 0 Å². The molecule has 0 aliphatic carbocycles. The summed E-state index contributed by atoms with van der Waals surface area (Å²) >= 11 is 0. The van der Waals surface area contributed by atoms with Crippen molar-refractivity contribution in [3.8, 4) is 0 Å². The van der Waals surface area contributed by atoms with E-state index in [0.29, 0.717) is 0 Å². The van der Waals surface area contributed by atoms with Crippen LogP contribution in [0.5, 0.6) is 0 Å². The maximum atomic E-state index is 4.82. The molecule has 1 N–H and O–H groups in total. The van der Waals surface area contributed by atoms with E-state index < -0.39 is 0 Å². The molecule has 20 heavy (non-hydrogen) atoms. The first-order valence-corrected chi connectivity index (χ1v) is 6.72. The average molecular weight is 260 g/mol. The Morgan fingerprint density at radius 2 is 1.55 bits per heavy atom. The second-order valence-electron chi connectivity index (χ2n) is 4.59. The van der Waals surface area contributed by atoms with Gasteiger partial charge in [-0.2, -0.15) is 0 Å². The molecule has 2 aromatic rings. The van der Waals surface area contributed by atoms with E-state index in [9.17, 15) is 0 Å². The van der Waals surface area contributed by atoms with Gasteiger partial charge in [-0.15, -0.1) is 0 Å². The van der Waals surface area contributed by atoms with Crippen LogP contribution in [-0.4, -0.2) is 11.8 Å². The summed E-state index contributed by atoms with van der Waals surface area (Å²) in [5, 5.41) is 3.34. The van der Waals surface area contributed by atoms with E-state index >= 15 is 0 Å². The molecule has 1 unspecified atom stereocenters. The number of benzene rings is 2. The van der Waals surface area contributed by atoms with E-state index in [4.69, 9.17) is 4.99 Å². The molecule has 1 heterocycles. The number of hydrogen-bond acceptors (Lipinski definition) is 2. The third-order valence-electron chi connectivity index (χ3n) is 3.16. The van der Waals surface area contributed by atoms with Gasteiger partial charge >= 0.3 is 0 Å². The Balaban J connectivity index is 2.02. The lowest BCUT2D eigenvalue weighted by molar-refractivity contribution is 0.864. The standard InChI is InChI=1S/C18H16N2/c1-3-9-15(10-4-1)18(17-13-7-8-14-19-17)20-16-11-5-2-6-12-16/h1-14,17,19H. The molecule has 3 rings (SSSR count). The van der Waals surface area contributed by atoms with Crippen LogP contribution in [0, 0.1) is 0 Å². The fourth-order valence-corrected chi connectivity index (χ4v) is 2.18. The van der Waals surface area contributed by atoms with Gasteiger partial charge in [0.25, 0.3) is 0 Å². The number of allylic oxidation sites excluding steroid dienone is 2. The molecular weight excluding hydrogens is 244 g/mol. The zero-order chi connectivity index (χ0) is 13.6. The van der Waals surface area contributed by atoms with Crippen molar-refractivity contribution in [3.63, 3.8) is 0 Å². The summed E-state index contributed by atoms with van der Waals surface area (Å²) in [5.74, 6) is 0. The van der Waals surface area contributed by atoms with Crippen molar-refractivity contribution >= 4 is 11.4 Å². The first-order chi connectivity index (χ1) is 9.93. The lowest BCUT2D eigenvalue weighted by atomic mass is 10.0. The van der Waals surface area contributed by atoms with Crippen molar-refractivity contribution in [2.75, 3.05) is 0 Å². The van der Waals surface area contributed by atoms with Crippen molar-refractivity contribution in [2.24, 2.45) is 4.99 Å². The van der Waals surface area contributed by atoms with Gasteiger partial charge in [-0.1, -0.05) is 60.7 Å². The van der Waals surface area contributed by atoms with Gasteiger partial charge in [0.15, 0.2) is 0 Å². The molecule has 0 radical (unpaired) electrons. The van der Waals surface area contributed by atoms with Crippen molar-refractivity contribution < 1.29 is 0 Å². The minimum Gasteiger partial charge on any atom is -0.379 e. The number of nitrogens with zero attached hydrogens (tertiary/aromatic N) is 1. The summed E-state index contributed by atoms with van der Waals surface area (Å²) in [4.78, 5) is 4.82. The smallest absolute Gasteiger partial charge is 0.0874 e. The molecule has 0 aromatic heterocycles. The molecule has 0 bridgehead atoms. The van der Waals surface area contributed by atoms with Crippen LogP contribution in [0.15, 0.2) is 90.1 Å². The Kier molecular flexibility index (Phi) is 3.74. The summed E-state index contributed by atoms with van der Waals surface area (Å²) in [6, 6.07) is 20.4. The number of dihydropyridines is 1. The highest BCUT2D eigenvalue weighted by atomic mass is 14.9. The van der Waals surface area contributed by atoms with E-state index in [0.717, 1.165) is 17.0 Å². The highest BCUT2D eigenvalue weighted by Crippen LogP contribution is 2.16. The number of rotatable bonds is 3. The van der Waals surface area contributed by atoms with Crippen molar-refractivity contribution in [1.29, 1.82) is 0 Å². The molecule has 0 fully saturated rings. The van der Waals surface area contributed by atoms with Gasteiger partial charge in [-0.05, 0) is 30.0 Å². The van der Waals surface area contributed by atoms with Gasteiger partial charge < -0.3 is 5.32 Å². The summed E-state index contributed by atoms with van der Waals surface area (Å²) in [7, 11) is 0. The van der Waals surface area contributed by atoms with E-state index in [1.165, 1.54) is 0 Å². The van der Waals surface area contributed by atoms with Gasteiger partial charge in [0.1, 0.15) is 0 Å².